The molecular formula is Ba2Ca2Cu2O7Tl2. The van der Waals surface area contributed by atoms with Gasteiger partial charge in [-0.25, -0.2) is 0 Å². The van der Waals surface area contributed by atoms with Crippen molar-refractivity contribution in [2.75, 3.05) is 0 Å². The molecule has 7 nitrogen and oxygen atoms in total. The molecule has 0 bridgehead atoms. The van der Waals surface area contributed by atoms with E-state index >= 15 is 0 Å². The minimum absolute atomic E-state index is 0. The Labute approximate surface area is 291 Å². The molecule has 15 heavy (non-hydrogen) atoms. The van der Waals surface area contributed by atoms with Gasteiger partial charge in [-0.05, 0) is 0 Å². The summed E-state index contributed by atoms with van der Waals surface area (Å²) in [7, 11) is 0. The average Bonchev–Trinajstić information content (AvgIpc) is 0. The van der Waals surface area contributed by atoms with Gasteiger partial charge in [0.15, 0.2) is 0 Å². The molecule has 78 valence electrons. The van der Waals surface area contributed by atoms with E-state index in [1.807, 2.05) is 0 Å². The topological polar surface area (TPSA) is 200 Å². The van der Waals surface area contributed by atoms with Gasteiger partial charge in [-0.2, -0.15) is 0 Å². The fraction of sp³-hybridized carbons (Fsp3) is 0. The van der Waals surface area contributed by atoms with Gasteiger partial charge in [-0.3, -0.25) is 0 Å². The largest absolute Gasteiger partial charge is 2.00 e. The predicted molar refractivity (Wildman–Crippen MR) is 39.3 cm³/mol. The summed E-state index contributed by atoms with van der Waals surface area (Å²) in [6.45, 7) is 0. The van der Waals surface area contributed by atoms with Crippen LogP contribution in [0, 0.1) is 0 Å². The molecule has 0 heterocycles. The van der Waals surface area contributed by atoms with Gasteiger partial charge in [0.05, 0.1) is 0 Å². The second kappa shape index (κ2) is 147. The Balaban J connectivity index is 0. The third-order valence-corrected chi connectivity index (χ3v) is 0. The number of hydrogen-bond acceptors (Lipinski definition) is 0. The molecule has 0 N–H and O–H groups in total. The monoisotopic (exact) mass is 1000 g/mol. The zero-order valence-corrected chi connectivity index (χ0v) is 31.6. The van der Waals surface area contributed by atoms with Gasteiger partial charge in [0.25, 0.3) is 0 Å². The van der Waals surface area contributed by atoms with E-state index in [4.69, 9.17) is 0 Å². The first-order chi connectivity index (χ1) is 0. The quantitative estimate of drug-likeness (QED) is 0.222. The van der Waals surface area contributed by atoms with Gasteiger partial charge in [-0.15, -0.1) is 0 Å². The summed E-state index contributed by atoms with van der Waals surface area (Å²) in [5.41, 5.74) is 0. The first-order valence-corrected chi connectivity index (χ1v) is 0. The van der Waals surface area contributed by atoms with Crippen LogP contribution in [0.2, 0.25) is 0 Å². The zero-order chi connectivity index (χ0) is 0. The van der Waals surface area contributed by atoms with Gasteiger partial charge in [0.1, 0.15) is 0 Å². The van der Waals surface area contributed by atoms with Crippen LogP contribution in [0.25, 0.3) is 0 Å². The van der Waals surface area contributed by atoms with Crippen molar-refractivity contribution in [3.8, 4) is 0 Å². The summed E-state index contributed by atoms with van der Waals surface area (Å²) in [5, 5.41) is 0. The minimum Gasteiger partial charge on any atom is -2.00 e. The van der Waals surface area contributed by atoms with Gasteiger partial charge in [0.2, 0.25) is 0 Å². The van der Waals surface area contributed by atoms with E-state index in [1.54, 1.807) is 0 Å². The Kier molecular flexibility index (Phi) is 1660. The van der Waals surface area contributed by atoms with E-state index in [0.29, 0.717) is 0 Å². The van der Waals surface area contributed by atoms with Crippen LogP contribution in [0.15, 0.2) is 0 Å². The van der Waals surface area contributed by atoms with Crippen LogP contribution in [0.1, 0.15) is 0 Å². The third kappa shape index (κ3) is 134. The summed E-state index contributed by atoms with van der Waals surface area (Å²) < 4.78 is 0. The van der Waals surface area contributed by atoms with Crippen LogP contribution in [-0.2, 0) is 72.5 Å². The fourth-order valence-electron chi connectivity index (χ4n) is 0. The Morgan fingerprint density at radius 1 is 0.333 bits per heavy atom. The Hall–Kier alpha value is 8.27. The Morgan fingerprint density at radius 3 is 0.333 bits per heavy atom. The van der Waals surface area contributed by atoms with Gasteiger partial charge < -0.3 is 38.3 Å². The molecule has 0 aliphatic heterocycles. The average molecular weight is 1000 g/mol. The Bertz CT molecular complexity index is 31.0. The molecule has 2 radical (unpaired) electrons. The smallest absolute Gasteiger partial charge is 2.00 e. The third-order valence-electron chi connectivity index (χ3n) is 0. The zero-order valence-electron chi connectivity index (χ0n) is 7.44. The van der Waals surface area contributed by atoms with Crippen molar-refractivity contribution in [3.63, 3.8) is 0 Å². The van der Waals surface area contributed by atoms with Crippen molar-refractivity contribution in [1.82, 2.24) is 0 Å². The van der Waals surface area contributed by atoms with Crippen molar-refractivity contribution in [3.05, 3.63) is 0 Å². The van der Waals surface area contributed by atoms with Crippen molar-refractivity contribution < 1.29 is 72.5 Å². The predicted octanol–water partition coefficient (Wildman–Crippen LogP) is -3.12. The van der Waals surface area contributed by atoms with Crippen LogP contribution < -0.4 is 0 Å². The molecular weight excluding hydrogens is 1000 g/mol. The van der Waals surface area contributed by atoms with E-state index in [9.17, 15) is 0 Å². The summed E-state index contributed by atoms with van der Waals surface area (Å²) in [4.78, 5) is 0. The molecule has 0 saturated carbocycles. The molecule has 0 rings (SSSR count). The first-order valence-electron chi connectivity index (χ1n) is 0. The van der Waals surface area contributed by atoms with Crippen molar-refractivity contribution in [1.29, 1.82) is 0 Å². The summed E-state index contributed by atoms with van der Waals surface area (Å²) in [5.74, 6) is 0. The summed E-state index contributed by atoms with van der Waals surface area (Å²) in [6, 6.07) is 0. The SMILES string of the molecule is [Ba+2].[Ba+2].[Ca+2].[Ca+2].[Cu+2].[Cu+2].[O-2].[O-2].[O-2].[O-2].[O-2].[O-2].[O-2].[Tl+].[Tl+]. The van der Waals surface area contributed by atoms with Crippen molar-refractivity contribution >= 4 is 228 Å². The van der Waals surface area contributed by atoms with Gasteiger partial charge in [0, 0.05) is 0 Å². The molecule has 0 aromatic rings. The molecule has 0 spiro atoms. The molecule has 0 aliphatic rings. The van der Waals surface area contributed by atoms with Crippen LogP contribution in [0.5, 0.6) is 0 Å². The molecule has 0 aromatic heterocycles. The molecule has 0 saturated heterocycles. The summed E-state index contributed by atoms with van der Waals surface area (Å²) in [6.07, 6.45) is 0. The fourth-order valence-corrected chi connectivity index (χ4v) is 0. The van der Waals surface area contributed by atoms with Crippen LogP contribution in [0.4, 0.5) is 0 Å². The van der Waals surface area contributed by atoms with Crippen molar-refractivity contribution in [2.24, 2.45) is 0 Å². The Morgan fingerprint density at radius 2 is 0.333 bits per heavy atom. The normalized spacial score (nSPS) is 0. The van der Waals surface area contributed by atoms with Crippen LogP contribution >= 0.6 is 0 Å². The maximum absolute atomic E-state index is 0. The molecule has 0 aliphatic carbocycles. The van der Waals surface area contributed by atoms with E-state index in [1.165, 1.54) is 0 Å². The maximum atomic E-state index is 0. The number of hydrogen-bond donors (Lipinski definition) is 0. The van der Waals surface area contributed by atoms with E-state index in [2.05, 4.69) is 0 Å². The standard InChI is InChI=1S/2Ba.2Ca.2Cu.7O.2Tl/q6*+2;7*-2;2*+1. The molecule has 0 unspecified atom stereocenters. The summed E-state index contributed by atoms with van der Waals surface area (Å²) >= 11 is 0. The second-order valence-corrected chi connectivity index (χ2v) is 0. The van der Waals surface area contributed by atoms with E-state index in [-0.39, 0.29) is 300 Å². The molecule has 15 heteroatoms. The van der Waals surface area contributed by atoms with E-state index in [0.717, 1.165) is 0 Å². The molecule has 0 atom stereocenters. The van der Waals surface area contributed by atoms with Crippen LogP contribution in [0.3, 0.4) is 0 Å². The van der Waals surface area contributed by atoms with Crippen molar-refractivity contribution in [2.45, 2.75) is 0 Å². The van der Waals surface area contributed by atoms with E-state index < -0.39 is 0 Å². The van der Waals surface area contributed by atoms with Gasteiger partial charge >= 0.3 is 262 Å². The molecule has 0 amide bonds. The first kappa shape index (κ1) is 169. The molecule has 0 fully saturated rings. The van der Waals surface area contributed by atoms with Gasteiger partial charge in [-0.1, -0.05) is 0 Å². The van der Waals surface area contributed by atoms with Crippen LogP contribution in [-0.4, -0.2) is 228 Å². The maximum Gasteiger partial charge on any atom is 2.00 e. The second-order valence-electron chi connectivity index (χ2n) is 0. The number of rotatable bonds is 0. The minimum atomic E-state index is 0. The molecule has 0 aromatic carbocycles.